The zero-order chi connectivity index (χ0) is 36.6. The molecule has 55 heavy (non-hydrogen) atoms. The number of benzene rings is 8. The fraction of sp³-hybridized carbons (Fsp3) is 0. The largest absolute Gasteiger partial charge is 0.456 e. The van der Waals surface area contributed by atoms with E-state index in [1.54, 1.807) is 0 Å². The van der Waals surface area contributed by atoms with Gasteiger partial charge < -0.3 is 4.42 Å². The van der Waals surface area contributed by atoms with Crippen LogP contribution in [0.5, 0.6) is 0 Å². The summed E-state index contributed by atoms with van der Waals surface area (Å²) in [5, 5.41) is 2.13. The van der Waals surface area contributed by atoms with Crippen LogP contribution < -0.4 is 0 Å². The van der Waals surface area contributed by atoms with Crippen LogP contribution in [0.4, 0.5) is 0 Å². The minimum Gasteiger partial charge on any atom is -0.456 e. The molecule has 2 aromatic heterocycles. The Morgan fingerprint density at radius 1 is 0.273 bits per heavy atom. The monoisotopic (exact) mass is 703 g/mol. The van der Waals surface area contributed by atoms with Crippen LogP contribution in [0, 0.1) is 0 Å². The van der Waals surface area contributed by atoms with Crippen molar-refractivity contribution < 1.29 is 4.42 Å². The van der Waals surface area contributed by atoms with Gasteiger partial charge in [0.05, 0.1) is 0 Å². The molecule has 8 aromatic carbocycles. The summed E-state index contributed by atoms with van der Waals surface area (Å²) in [5.74, 6) is 1.78. The van der Waals surface area contributed by atoms with Crippen molar-refractivity contribution in [2.75, 3.05) is 0 Å². The molecule has 0 spiro atoms. The molecule has 10 rings (SSSR count). The standard InChI is InChI=1S/C51H33N3O/c1-4-12-34(13-5-1)37-20-26-40(27-21-37)45-32-43(33-47-48(45)44-18-10-11-19-46(44)55-47)51-53-49(41-28-22-38(23-29-41)35-14-6-2-7-15-35)52-50(54-51)42-30-24-39(25-31-42)36-16-8-3-9-17-36/h1-33H. The summed E-state index contributed by atoms with van der Waals surface area (Å²) in [4.78, 5) is 15.4. The molecule has 0 saturated heterocycles. The van der Waals surface area contributed by atoms with Crippen molar-refractivity contribution in [1.29, 1.82) is 0 Å². The lowest BCUT2D eigenvalue weighted by Crippen LogP contribution is -2.00. The second-order valence-corrected chi connectivity index (χ2v) is 13.6. The van der Waals surface area contributed by atoms with Gasteiger partial charge in [0, 0.05) is 27.5 Å². The zero-order valence-electron chi connectivity index (χ0n) is 29.8. The van der Waals surface area contributed by atoms with Gasteiger partial charge in [-0.15, -0.1) is 0 Å². The van der Waals surface area contributed by atoms with Gasteiger partial charge in [-0.2, -0.15) is 0 Å². The normalized spacial score (nSPS) is 11.3. The molecule has 0 aliphatic carbocycles. The lowest BCUT2D eigenvalue weighted by molar-refractivity contribution is 0.669. The Morgan fingerprint density at radius 3 is 1.11 bits per heavy atom. The summed E-state index contributed by atoms with van der Waals surface area (Å²) in [5.41, 5.74) is 13.4. The van der Waals surface area contributed by atoms with Gasteiger partial charge in [-0.1, -0.05) is 182 Å². The Bertz CT molecular complexity index is 2820. The molecule has 0 unspecified atom stereocenters. The van der Waals surface area contributed by atoms with Crippen molar-refractivity contribution in [2.45, 2.75) is 0 Å². The summed E-state index contributed by atoms with van der Waals surface area (Å²) < 4.78 is 6.54. The van der Waals surface area contributed by atoms with Crippen molar-refractivity contribution in [3.63, 3.8) is 0 Å². The minimum atomic E-state index is 0.573. The van der Waals surface area contributed by atoms with Crippen molar-refractivity contribution in [1.82, 2.24) is 15.0 Å². The van der Waals surface area contributed by atoms with Crippen molar-refractivity contribution in [3.8, 4) is 78.7 Å². The Kier molecular flexibility index (Phi) is 8.12. The highest BCUT2D eigenvalue weighted by atomic mass is 16.3. The van der Waals surface area contributed by atoms with E-state index in [1.807, 2.05) is 30.3 Å². The second kappa shape index (κ2) is 13.8. The molecule has 0 atom stereocenters. The number of furan rings is 1. The maximum absolute atomic E-state index is 6.54. The molecule has 0 N–H and O–H groups in total. The SMILES string of the molecule is c1ccc(-c2ccc(-c3nc(-c4ccc(-c5ccccc5)cc4)nc(-c4cc(-c5ccc(-c6ccccc6)cc5)c5c(c4)oc4ccccc45)n3)cc2)cc1. The third kappa shape index (κ3) is 6.26. The zero-order valence-corrected chi connectivity index (χ0v) is 29.8. The highest BCUT2D eigenvalue weighted by molar-refractivity contribution is 6.13. The van der Waals surface area contributed by atoms with Crippen LogP contribution in [0.25, 0.3) is 101 Å². The van der Waals surface area contributed by atoms with E-state index >= 15 is 0 Å². The molecule has 10 aromatic rings. The topological polar surface area (TPSA) is 51.8 Å². The summed E-state index contributed by atoms with van der Waals surface area (Å²) in [6.07, 6.45) is 0. The van der Waals surface area contributed by atoms with Gasteiger partial charge in [0.2, 0.25) is 0 Å². The molecule has 4 nitrogen and oxygen atoms in total. The summed E-state index contributed by atoms with van der Waals surface area (Å²) in [6, 6.07) is 69.3. The quantitative estimate of drug-likeness (QED) is 0.166. The van der Waals surface area contributed by atoms with Crippen LogP contribution >= 0.6 is 0 Å². The van der Waals surface area contributed by atoms with E-state index in [2.05, 4.69) is 170 Å². The fourth-order valence-corrected chi connectivity index (χ4v) is 7.33. The summed E-state index contributed by atoms with van der Waals surface area (Å²) in [7, 11) is 0. The predicted octanol–water partition coefficient (Wildman–Crippen LogP) is 13.4. The number of para-hydroxylation sites is 1. The van der Waals surface area contributed by atoms with Gasteiger partial charge in [-0.3, -0.25) is 0 Å². The smallest absolute Gasteiger partial charge is 0.164 e. The molecule has 0 radical (unpaired) electrons. The van der Waals surface area contributed by atoms with Gasteiger partial charge in [-0.05, 0) is 62.7 Å². The van der Waals surface area contributed by atoms with Gasteiger partial charge in [0.15, 0.2) is 17.5 Å². The van der Waals surface area contributed by atoms with E-state index in [-0.39, 0.29) is 0 Å². The first kappa shape index (κ1) is 32.2. The molecule has 0 aliphatic heterocycles. The van der Waals surface area contributed by atoms with E-state index in [4.69, 9.17) is 19.4 Å². The third-order valence-corrected chi connectivity index (χ3v) is 10.2. The molecular weight excluding hydrogens is 671 g/mol. The third-order valence-electron chi connectivity index (χ3n) is 10.2. The highest BCUT2D eigenvalue weighted by Crippen LogP contribution is 2.40. The summed E-state index contributed by atoms with van der Waals surface area (Å²) >= 11 is 0. The Hall–Kier alpha value is -7.43. The van der Waals surface area contributed by atoms with E-state index in [1.165, 1.54) is 5.56 Å². The molecule has 0 saturated carbocycles. The molecule has 258 valence electrons. The lowest BCUT2D eigenvalue weighted by Gasteiger charge is -2.12. The first-order valence-electron chi connectivity index (χ1n) is 18.4. The number of nitrogens with zero attached hydrogens (tertiary/aromatic N) is 3. The van der Waals surface area contributed by atoms with Crippen LogP contribution in [0.1, 0.15) is 0 Å². The molecule has 0 bridgehead atoms. The molecule has 0 aliphatic rings. The predicted molar refractivity (Wildman–Crippen MR) is 225 cm³/mol. The van der Waals surface area contributed by atoms with Gasteiger partial charge in [-0.25, -0.2) is 15.0 Å². The van der Waals surface area contributed by atoms with E-state index in [0.29, 0.717) is 17.5 Å². The number of hydrogen-bond acceptors (Lipinski definition) is 4. The van der Waals surface area contributed by atoms with Crippen molar-refractivity contribution >= 4 is 21.9 Å². The molecule has 0 fully saturated rings. The number of aromatic nitrogens is 3. The average Bonchev–Trinajstić information content (AvgIpc) is 3.66. The minimum absolute atomic E-state index is 0.573. The Morgan fingerprint density at radius 2 is 0.636 bits per heavy atom. The van der Waals surface area contributed by atoms with Crippen LogP contribution in [-0.2, 0) is 0 Å². The number of fused-ring (bicyclic) bond motifs is 3. The van der Waals surface area contributed by atoms with Crippen LogP contribution in [0.3, 0.4) is 0 Å². The van der Waals surface area contributed by atoms with Gasteiger partial charge >= 0.3 is 0 Å². The first-order valence-corrected chi connectivity index (χ1v) is 18.4. The maximum atomic E-state index is 6.54. The Labute approximate surface area is 319 Å². The number of hydrogen-bond donors (Lipinski definition) is 0. The molecular formula is C51H33N3O. The molecule has 2 heterocycles. The van der Waals surface area contributed by atoms with E-state index < -0.39 is 0 Å². The van der Waals surface area contributed by atoms with Crippen LogP contribution in [0.2, 0.25) is 0 Å². The van der Waals surface area contributed by atoms with Crippen molar-refractivity contribution in [3.05, 3.63) is 200 Å². The average molecular weight is 704 g/mol. The fourth-order valence-electron chi connectivity index (χ4n) is 7.33. The second-order valence-electron chi connectivity index (χ2n) is 13.6. The molecule has 0 amide bonds. The van der Waals surface area contributed by atoms with Crippen LogP contribution in [-0.4, -0.2) is 15.0 Å². The molecule has 4 heteroatoms. The lowest BCUT2D eigenvalue weighted by atomic mass is 9.95. The van der Waals surface area contributed by atoms with Crippen molar-refractivity contribution in [2.24, 2.45) is 0 Å². The highest BCUT2D eigenvalue weighted by Gasteiger charge is 2.19. The van der Waals surface area contributed by atoms with E-state index in [0.717, 1.165) is 77.6 Å². The van der Waals surface area contributed by atoms with Gasteiger partial charge in [0.25, 0.3) is 0 Å². The number of rotatable bonds is 7. The maximum Gasteiger partial charge on any atom is 0.164 e. The van der Waals surface area contributed by atoms with E-state index in [9.17, 15) is 0 Å². The Balaban J connectivity index is 1.14. The summed E-state index contributed by atoms with van der Waals surface area (Å²) in [6.45, 7) is 0. The first-order chi connectivity index (χ1) is 27.2. The van der Waals surface area contributed by atoms with Crippen LogP contribution in [0.15, 0.2) is 205 Å². The van der Waals surface area contributed by atoms with Gasteiger partial charge in [0.1, 0.15) is 11.2 Å².